The van der Waals surface area contributed by atoms with Gasteiger partial charge in [-0.3, -0.25) is 4.68 Å². The van der Waals surface area contributed by atoms with Crippen LogP contribution in [-0.4, -0.2) is 16.3 Å². The SMILES string of the molecule is Cn1nccc1C1(CCN)CC1. The maximum atomic E-state index is 5.58. The molecule has 2 rings (SSSR count). The molecule has 0 radical (unpaired) electrons. The Labute approximate surface area is 72.6 Å². The van der Waals surface area contributed by atoms with Crippen LogP contribution in [0.1, 0.15) is 25.0 Å². The highest BCUT2D eigenvalue weighted by atomic mass is 15.3. The van der Waals surface area contributed by atoms with E-state index in [1.165, 1.54) is 18.5 Å². The van der Waals surface area contributed by atoms with Crippen LogP contribution >= 0.6 is 0 Å². The van der Waals surface area contributed by atoms with Gasteiger partial charge in [0.05, 0.1) is 0 Å². The van der Waals surface area contributed by atoms with Crippen molar-refractivity contribution < 1.29 is 0 Å². The van der Waals surface area contributed by atoms with Gasteiger partial charge in [-0.15, -0.1) is 0 Å². The van der Waals surface area contributed by atoms with Crippen molar-refractivity contribution in [1.82, 2.24) is 9.78 Å². The lowest BCUT2D eigenvalue weighted by Gasteiger charge is -2.13. The second-order valence-electron chi connectivity index (χ2n) is 3.66. The molecule has 0 atom stereocenters. The minimum absolute atomic E-state index is 0.389. The van der Waals surface area contributed by atoms with Crippen LogP contribution in [0.3, 0.4) is 0 Å². The zero-order valence-corrected chi connectivity index (χ0v) is 7.45. The van der Waals surface area contributed by atoms with Crippen molar-refractivity contribution in [2.45, 2.75) is 24.7 Å². The van der Waals surface area contributed by atoms with Crippen molar-refractivity contribution in [2.24, 2.45) is 12.8 Å². The number of aromatic nitrogens is 2. The Morgan fingerprint density at radius 1 is 1.67 bits per heavy atom. The fourth-order valence-electron chi connectivity index (χ4n) is 1.96. The second-order valence-corrected chi connectivity index (χ2v) is 3.66. The summed E-state index contributed by atoms with van der Waals surface area (Å²) >= 11 is 0. The molecule has 1 aromatic heterocycles. The van der Waals surface area contributed by atoms with Crippen molar-refractivity contribution >= 4 is 0 Å². The van der Waals surface area contributed by atoms with Crippen molar-refractivity contribution in [2.75, 3.05) is 6.54 Å². The maximum absolute atomic E-state index is 5.58. The molecule has 66 valence electrons. The molecule has 1 saturated carbocycles. The molecular weight excluding hydrogens is 150 g/mol. The fraction of sp³-hybridized carbons (Fsp3) is 0.667. The topological polar surface area (TPSA) is 43.8 Å². The van der Waals surface area contributed by atoms with Crippen LogP contribution < -0.4 is 5.73 Å². The van der Waals surface area contributed by atoms with E-state index in [1.807, 2.05) is 17.9 Å². The van der Waals surface area contributed by atoms with E-state index in [0.29, 0.717) is 5.41 Å². The van der Waals surface area contributed by atoms with Gasteiger partial charge in [0, 0.05) is 24.4 Å². The van der Waals surface area contributed by atoms with Crippen LogP contribution in [0.25, 0.3) is 0 Å². The molecule has 1 aromatic rings. The van der Waals surface area contributed by atoms with E-state index < -0.39 is 0 Å². The van der Waals surface area contributed by atoms with Gasteiger partial charge < -0.3 is 5.73 Å². The smallest absolute Gasteiger partial charge is 0.0492 e. The molecule has 0 aliphatic heterocycles. The Morgan fingerprint density at radius 3 is 2.83 bits per heavy atom. The van der Waals surface area contributed by atoms with Gasteiger partial charge in [0.25, 0.3) is 0 Å². The molecule has 1 heterocycles. The van der Waals surface area contributed by atoms with Crippen LogP contribution in [-0.2, 0) is 12.5 Å². The summed E-state index contributed by atoms with van der Waals surface area (Å²) in [5.41, 5.74) is 7.32. The molecule has 3 nitrogen and oxygen atoms in total. The van der Waals surface area contributed by atoms with E-state index in [4.69, 9.17) is 5.73 Å². The Morgan fingerprint density at radius 2 is 2.42 bits per heavy atom. The maximum Gasteiger partial charge on any atom is 0.0492 e. The summed E-state index contributed by atoms with van der Waals surface area (Å²) in [4.78, 5) is 0. The third kappa shape index (κ3) is 1.05. The Balaban J connectivity index is 2.24. The summed E-state index contributed by atoms with van der Waals surface area (Å²) in [7, 11) is 2.01. The summed E-state index contributed by atoms with van der Waals surface area (Å²) in [5, 5.41) is 4.18. The minimum Gasteiger partial charge on any atom is -0.330 e. The summed E-state index contributed by atoms with van der Waals surface area (Å²) < 4.78 is 1.97. The van der Waals surface area contributed by atoms with Gasteiger partial charge in [0.2, 0.25) is 0 Å². The summed E-state index contributed by atoms with van der Waals surface area (Å²) in [6, 6.07) is 2.11. The van der Waals surface area contributed by atoms with Gasteiger partial charge in [0.15, 0.2) is 0 Å². The average molecular weight is 165 g/mol. The van der Waals surface area contributed by atoms with Crippen molar-refractivity contribution in [3.63, 3.8) is 0 Å². The normalized spacial score (nSPS) is 19.5. The Kier molecular flexibility index (Phi) is 1.68. The molecule has 0 aromatic carbocycles. The van der Waals surface area contributed by atoms with E-state index in [9.17, 15) is 0 Å². The zero-order valence-electron chi connectivity index (χ0n) is 7.45. The average Bonchev–Trinajstić information content (AvgIpc) is 2.68. The van der Waals surface area contributed by atoms with Gasteiger partial charge in [-0.1, -0.05) is 0 Å². The monoisotopic (exact) mass is 165 g/mol. The first-order valence-electron chi connectivity index (χ1n) is 4.47. The molecule has 0 amide bonds. The van der Waals surface area contributed by atoms with Crippen molar-refractivity contribution in [3.05, 3.63) is 18.0 Å². The molecule has 1 aliphatic carbocycles. The van der Waals surface area contributed by atoms with Crippen LogP contribution in [0.2, 0.25) is 0 Å². The summed E-state index contributed by atoms with van der Waals surface area (Å²) in [6.45, 7) is 0.783. The van der Waals surface area contributed by atoms with E-state index >= 15 is 0 Å². The highest BCUT2D eigenvalue weighted by Gasteiger charge is 2.45. The third-order valence-electron chi connectivity index (χ3n) is 2.84. The molecule has 2 N–H and O–H groups in total. The van der Waals surface area contributed by atoms with Gasteiger partial charge >= 0.3 is 0 Å². The van der Waals surface area contributed by atoms with E-state index in [2.05, 4.69) is 11.2 Å². The third-order valence-corrected chi connectivity index (χ3v) is 2.84. The Hall–Kier alpha value is -0.830. The number of hydrogen-bond donors (Lipinski definition) is 1. The molecule has 12 heavy (non-hydrogen) atoms. The molecule has 1 aliphatic rings. The van der Waals surface area contributed by atoms with E-state index in [-0.39, 0.29) is 0 Å². The fourth-order valence-corrected chi connectivity index (χ4v) is 1.96. The summed E-state index contributed by atoms with van der Waals surface area (Å²) in [6.07, 6.45) is 5.53. The lowest BCUT2D eigenvalue weighted by Crippen LogP contribution is -2.16. The molecule has 1 fully saturated rings. The molecule has 0 bridgehead atoms. The molecule has 0 spiro atoms. The van der Waals surface area contributed by atoms with Gasteiger partial charge in [-0.25, -0.2) is 0 Å². The standard InChI is InChI=1S/C9H15N3/c1-12-8(2-7-11-12)9(3-4-9)5-6-10/h2,7H,3-6,10H2,1H3. The van der Waals surface area contributed by atoms with Gasteiger partial charge in [-0.05, 0) is 31.9 Å². The predicted molar refractivity (Wildman–Crippen MR) is 47.8 cm³/mol. The first-order chi connectivity index (χ1) is 5.78. The Bertz CT molecular complexity index is 273. The van der Waals surface area contributed by atoms with Crippen LogP contribution in [0.4, 0.5) is 0 Å². The van der Waals surface area contributed by atoms with Crippen LogP contribution in [0.15, 0.2) is 12.3 Å². The van der Waals surface area contributed by atoms with E-state index in [0.717, 1.165) is 13.0 Å². The minimum atomic E-state index is 0.389. The number of hydrogen-bond acceptors (Lipinski definition) is 2. The van der Waals surface area contributed by atoms with Crippen molar-refractivity contribution in [3.8, 4) is 0 Å². The molecule has 0 saturated heterocycles. The summed E-state index contributed by atoms with van der Waals surface area (Å²) in [5.74, 6) is 0. The number of rotatable bonds is 3. The lowest BCUT2D eigenvalue weighted by molar-refractivity contribution is 0.561. The lowest BCUT2D eigenvalue weighted by atomic mass is 9.98. The van der Waals surface area contributed by atoms with Crippen LogP contribution in [0, 0.1) is 0 Å². The largest absolute Gasteiger partial charge is 0.330 e. The zero-order chi connectivity index (χ0) is 8.60. The number of aryl methyl sites for hydroxylation is 1. The van der Waals surface area contributed by atoms with Gasteiger partial charge in [-0.2, -0.15) is 5.10 Å². The number of nitrogens with zero attached hydrogens (tertiary/aromatic N) is 2. The van der Waals surface area contributed by atoms with Crippen molar-refractivity contribution in [1.29, 1.82) is 0 Å². The number of nitrogens with two attached hydrogens (primary N) is 1. The first-order valence-corrected chi connectivity index (χ1v) is 4.47. The van der Waals surface area contributed by atoms with Gasteiger partial charge in [0.1, 0.15) is 0 Å². The van der Waals surface area contributed by atoms with E-state index in [1.54, 1.807) is 0 Å². The highest BCUT2D eigenvalue weighted by molar-refractivity contribution is 5.23. The molecular formula is C9H15N3. The highest BCUT2D eigenvalue weighted by Crippen LogP contribution is 2.50. The first kappa shape index (κ1) is 7.80. The second kappa shape index (κ2) is 2.59. The molecule has 3 heteroatoms. The predicted octanol–water partition coefficient (Wildman–Crippen LogP) is 0.800. The van der Waals surface area contributed by atoms with Crippen LogP contribution in [0.5, 0.6) is 0 Å². The quantitative estimate of drug-likeness (QED) is 0.720. The molecule has 0 unspecified atom stereocenters.